The van der Waals surface area contributed by atoms with Gasteiger partial charge in [0, 0.05) is 30.4 Å². The summed E-state index contributed by atoms with van der Waals surface area (Å²) in [5.41, 5.74) is 1.03. The number of benzene rings is 1. The molecule has 0 spiro atoms. The Kier molecular flexibility index (Phi) is 6.81. The van der Waals surface area contributed by atoms with Crippen LogP contribution in [0.25, 0.3) is 0 Å². The van der Waals surface area contributed by atoms with Crippen LogP contribution in [0.15, 0.2) is 18.2 Å². The molecule has 0 atom stereocenters. The quantitative estimate of drug-likeness (QED) is 0.455. The molecule has 7 nitrogen and oxygen atoms in total. The van der Waals surface area contributed by atoms with Gasteiger partial charge in [-0.3, -0.25) is 10.1 Å². The summed E-state index contributed by atoms with van der Waals surface area (Å²) in [7, 11) is 0. The third kappa shape index (κ3) is 6.99. The standard InChI is InChI=1S/C16H25N3O4/c1-5-12-7-8-13(11-14(12)19(21)22)17-9-6-10-18-15(20)23-16(2,3)4/h7-8,11,17H,5-6,9-10H2,1-4H3,(H,18,20). The van der Waals surface area contributed by atoms with E-state index in [1.54, 1.807) is 32.9 Å². The summed E-state index contributed by atoms with van der Waals surface area (Å²) in [6.07, 6.45) is 0.860. The van der Waals surface area contributed by atoms with Crippen molar-refractivity contribution >= 4 is 17.5 Å². The number of aryl methyl sites for hydroxylation is 1. The van der Waals surface area contributed by atoms with Crippen molar-refractivity contribution < 1.29 is 14.5 Å². The van der Waals surface area contributed by atoms with Crippen molar-refractivity contribution in [1.29, 1.82) is 0 Å². The molecule has 0 radical (unpaired) electrons. The largest absolute Gasteiger partial charge is 0.444 e. The molecule has 1 aromatic carbocycles. The number of carbonyl (C=O) groups is 1. The number of anilines is 1. The first-order valence-corrected chi connectivity index (χ1v) is 7.71. The Morgan fingerprint density at radius 2 is 2.00 bits per heavy atom. The van der Waals surface area contributed by atoms with E-state index in [9.17, 15) is 14.9 Å². The number of nitrogens with one attached hydrogen (secondary N) is 2. The van der Waals surface area contributed by atoms with E-state index in [2.05, 4.69) is 10.6 Å². The highest BCUT2D eigenvalue weighted by Gasteiger charge is 2.15. The van der Waals surface area contributed by atoms with E-state index in [-0.39, 0.29) is 10.6 Å². The van der Waals surface area contributed by atoms with Gasteiger partial charge >= 0.3 is 6.09 Å². The predicted octanol–water partition coefficient (Wildman–Crippen LogP) is 3.48. The first kappa shape index (κ1) is 18.7. The number of nitro benzene ring substituents is 1. The molecule has 1 aromatic rings. The zero-order valence-corrected chi connectivity index (χ0v) is 14.1. The number of nitrogens with zero attached hydrogens (tertiary/aromatic N) is 1. The highest BCUT2D eigenvalue weighted by atomic mass is 16.6. The molecule has 0 unspecified atom stereocenters. The number of hydrogen-bond acceptors (Lipinski definition) is 5. The average Bonchev–Trinajstić information content (AvgIpc) is 2.44. The third-order valence-electron chi connectivity index (χ3n) is 3.01. The van der Waals surface area contributed by atoms with Crippen LogP contribution in [0.5, 0.6) is 0 Å². The number of hydrogen-bond donors (Lipinski definition) is 2. The van der Waals surface area contributed by atoms with E-state index in [1.807, 2.05) is 13.0 Å². The lowest BCUT2D eigenvalue weighted by Gasteiger charge is -2.19. The van der Waals surface area contributed by atoms with Crippen LogP contribution in [0.1, 0.15) is 39.7 Å². The van der Waals surface area contributed by atoms with E-state index < -0.39 is 11.7 Å². The minimum atomic E-state index is -0.512. The van der Waals surface area contributed by atoms with Crippen molar-refractivity contribution in [3.63, 3.8) is 0 Å². The second kappa shape index (κ2) is 8.36. The molecule has 0 bridgehead atoms. The SMILES string of the molecule is CCc1ccc(NCCCNC(=O)OC(C)(C)C)cc1[N+](=O)[O-]. The highest BCUT2D eigenvalue weighted by molar-refractivity contribution is 5.67. The number of rotatable bonds is 7. The molecule has 0 aliphatic rings. The molecule has 2 N–H and O–H groups in total. The maximum Gasteiger partial charge on any atom is 0.407 e. The zero-order valence-electron chi connectivity index (χ0n) is 14.1. The summed E-state index contributed by atoms with van der Waals surface area (Å²) < 4.78 is 5.12. The van der Waals surface area contributed by atoms with Gasteiger partial charge in [-0.25, -0.2) is 4.79 Å². The van der Waals surface area contributed by atoms with Gasteiger partial charge in [0.05, 0.1) is 4.92 Å². The molecule has 0 aromatic heterocycles. The van der Waals surface area contributed by atoms with Crippen LogP contribution >= 0.6 is 0 Å². The third-order valence-corrected chi connectivity index (χ3v) is 3.01. The molecule has 23 heavy (non-hydrogen) atoms. The van der Waals surface area contributed by atoms with Gasteiger partial charge in [-0.2, -0.15) is 0 Å². The van der Waals surface area contributed by atoms with Crippen LogP contribution in [0.3, 0.4) is 0 Å². The van der Waals surface area contributed by atoms with Crippen molar-refractivity contribution in [2.45, 2.75) is 46.1 Å². The van der Waals surface area contributed by atoms with Gasteiger partial charge < -0.3 is 15.4 Å². The second-order valence-electron chi connectivity index (χ2n) is 6.16. The number of ether oxygens (including phenoxy) is 1. The van der Waals surface area contributed by atoms with Crippen LogP contribution in [0.4, 0.5) is 16.2 Å². The van der Waals surface area contributed by atoms with Gasteiger partial charge in [-0.15, -0.1) is 0 Å². The molecule has 1 rings (SSSR count). The van der Waals surface area contributed by atoms with Crippen LogP contribution in [-0.2, 0) is 11.2 Å². The fourth-order valence-corrected chi connectivity index (χ4v) is 1.97. The van der Waals surface area contributed by atoms with E-state index in [4.69, 9.17) is 4.74 Å². The Bertz CT molecular complexity index is 553. The molecular weight excluding hydrogens is 298 g/mol. The highest BCUT2D eigenvalue weighted by Crippen LogP contribution is 2.23. The lowest BCUT2D eigenvalue weighted by molar-refractivity contribution is -0.385. The molecular formula is C16H25N3O4. The number of amides is 1. The Labute approximate surface area is 136 Å². The molecule has 0 fully saturated rings. The average molecular weight is 323 g/mol. The Morgan fingerprint density at radius 1 is 1.30 bits per heavy atom. The maximum absolute atomic E-state index is 11.5. The molecule has 7 heteroatoms. The molecule has 0 saturated carbocycles. The fraction of sp³-hybridized carbons (Fsp3) is 0.562. The fourth-order valence-electron chi connectivity index (χ4n) is 1.97. The number of nitro groups is 1. The van der Waals surface area contributed by atoms with Crippen molar-refractivity contribution in [2.24, 2.45) is 0 Å². The van der Waals surface area contributed by atoms with Gasteiger partial charge in [0.25, 0.3) is 5.69 Å². The topological polar surface area (TPSA) is 93.5 Å². The van der Waals surface area contributed by atoms with Crippen molar-refractivity contribution in [3.8, 4) is 0 Å². The van der Waals surface area contributed by atoms with Crippen LogP contribution in [0.2, 0.25) is 0 Å². The molecule has 0 heterocycles. The predicted molar refractivity (Wildman–Crippen MR) is 89.8 cm³/mol. The lowest BCUT2D eigenvalue weighted by atomic mass is 10.1. The Hall–Kier alpha value is -2.31. The summed E-state index contributed by atoms with van der Waals surface area (Å²) in [6.45, 7) is 8.37. The summed E-state index contributed by atoms with van der Waals surface area (Å²) >= 11 is 0. The van der Waals surface area contributed by atoms with Gasteiger partial charge in [0.1, 0.15) is 5.60 Å². The monoisotopic (exact) mass is 323 g/mol. The van der Waals surface area contributed by atoms with Crippen molar-refractivity contribution in [2.75, 3.05) is 18.4 Å². The summed E-state index contributed by atoms with van der Waals surface area (Å²) in [5, 5.41) is 16.8. The van der Waals surface area contributed by atoms with Crippen molar-refractivity contribution in [3.05, 3.63) is 33.9 Å². The second-order valence-corrected chi connectivity index (χ2v) is 6.16. The van der Waals surface area contributed by atoms with Crippen LogP contribution < -0.4 is 10.6 Å². The minimum Gasteiger partial charge on any atom is -0.444 e. The number of carbonyl (C=O) groups excluding carboxylic acids is 1. The smallest absolute Gasteiger partial charge is 0.407 e. The molecule has 0 saturated heterocycles. The summed E-state index contributed by atoms with van der Waals surface area (Å²) in [4.78, 5) is 22.1. The Balaban J connectivity index is 2.38. The first-order valence-electron chi connectivity index (χ1n) is 7.71. The maximum atomic E-state index is 11.5. The van der Waals surface area contributed by atoms with E-state index in [1.165, 1.54) is 0 Å². The first-order chi connectivity index (χ1) is 10.7. The van der Waals surface area contributed by atoms with Gasteiger partial charge in [0.2, 0.25) is 0 Å². The van der Waals surface area contributed by atoms with E-state index in [0.29, 0.717) is 37.2 Å². The Morgan fingerprint density at radius 3 is 2.57 bits per heavy atom. The zero-order chi connectivity index (χ0) is 17.5. The molecule has 128 valence electrons. The van der Waals surface area contributed by atoms with E-state index in [0.717, 1.165) is 0 Å². The van der Waals surface area contributed by atoms with Gasteiger partial charge in [-0.05, 0) is 39.7 Å². The van der Waals surface area contributed by atoms with E-state index >= 15 is 0 Å². The molecule has 1 amide bonds. The van der Waals surface area contributed by atoms with Gasteiger partial charge in [0.15, 0.2) is 0 Å². The molecule has 0 aliphatic heterocycles. The van der Waals surface area contributed by atoms with Crippen molar-refractivity contribution in [1.82, 2.24) is 5.32 Å². The summed E-state index contributed by atoms with van der Waals surface area (Å²) in [6, 6.07) is 5.13. The van der Waals surface area contributed by atoms with Gasteiger partial charge in [-0.1, -0.05) is 13.0 Å². The minimum absolute atomic E-state index is 0.129. The normalized spacial score (nSPS) is 11.0. The lowest BCUT2D eigenvalue weighted by Crippen LogP contribution is -2.33. The van der Waals surface area contributed by atoms with Crippen LogP contribution in [0, 0.1) is 10.1 Å². The summed E-state index contributed by atoms with van der Waals surface area (Å²) in [5.74, 6) is 0. The molecule has 0 aliphatic carbocycles. The number of alkyl carbamates (subject to hydrolysis) is 1. The van der Waals surface area contributed by atoms with Crippen LogP contribution in [-0.4, -0.2) is 29.7 Å².